The SMILES string of the molecule is CCCCn1c(N2CCC(Cc3ccccc3)CC2)c(C=C2SC(=S)N(CCCC(=O)O)C2=O)c(C)c(C#N)c1=O. The fourth-order valence-electron chi connectivity index (χ4n) is 5.52. The lowest BCUT2D eigenvalue weighted by molar-refractivity contribution is -0.137. The fraction of sp³-hybridized carbons (Fsp3) is 0.452. The number of carboxylic acid groups (broad SMARTS) is 1. The summed E-state index contributed by atoms with van der Waals surface area (Å²) >= 11 is 6.64. The third kappa shape index (κ3) is 7.08. The van der Waals surface area contributed by atoms with E-state index in [9.17, 15) is 19.6 Å². The Bertz CT molecular complexity index is 1440. The molecule has 10 heteroatoms. The van der Waals surface area contributed by atoms with E-state index in [-0.39, 0.29) is 30.0 Å². The first kappa shape index (κ1) is 30.5. The van der Waals surface area contributed by atoms with Gasteiger partial charge in [-0.1, -0.05) is 67.7 Å². The molecule has 1 aromatic heterocycles. The summed E-state index contributed by atoms with van der Waals surface area (Å²) in [5, 5.41) is 18.9. The molecule has 4 rings (SSSR count). The van der Waals surface area contributed by atoms with Crippen LogP contribution in [0.5, 0.6) is 0 Å². The first-order valence-corrected chi connectivity index (χ1v) is 15.4. The number of anilines is 1. The Labute approximate surface area is 250 Å². The number of nitrogens with zero attached hydrogens (tertiary/aromatic N) is 4. The maximum atomic E-state index is 13.6. The number of aliphatic carboxylic acids is 1. The molecular weight excluding hydrogens is 556 g/mol. The molecule has 216 valence electrons. The molecule has 1 amide bonds. The third-order valence-electron chi connectivity index (χ3n) is 7.78. The molecule has 0 radical (unpaired) electrons. The molecule has 8 nitrogen and oxygen atoms in total. The zero-order valence-electron chi connectivity index (χ0n) is 23.6. The average Bonchev–Trinajstić information content (AvgIpc) is 3.22. The Morgan fingerprint density at radius 1 is 1.17 bits per heavy atom. The number of hydrogen-bond donors (Lipinski definition) is 1. The standard InChI is InChI=1S/C31H36N4O4S2/c1-3-4-14-34-28(33-16-12-23(13-17-33)18-22-9-6-5-7-10-22)24(21(2)25(20-32)29(34)38)19-26-30(39)35(31(40)41-26)15-8-11-27(36)37/h5-7,9-10,19,23H,3-4,8,11-18H2,1-2H3,(H,36,37). The van der Waals surface area contributed by atoms with Crippen molar-refractivity contribution in [2.45, 2.75) is 65.3 Å². The number of thioether (sulfide) groups is 1. The summed E-state index contributed by atoms with van der Waals surface area (Å²) in [7, 11) is 0. The van der Waals surface area contributed by atoms with Crippen molar-refractivity contribution < 1.29 is 14.7 Å². The lowest BCUT2D eigenvalue weighted by Crippen LogP contribution is -2.40. The number of carbonyl (C=O) groups is 2. The fourth-order valence-corrected chi connectivity index (χ4v) is 6.81. The Morgan fingerprint density at radius 3 is 2.51 bits per heavy atom. The number of carbonyl (C=O) groups excluding carboxylic acids is 1. The topological polar surface area (TPSA) is 107 Å². The van der Waals surface area contributed by atoms with Crippen LogP contribution in [-0.2, 0) is 22.6 Å². The van der Waals surface area contributed by atoms with Crippen LogP contribution in [0.4, 0.5) is 5.82 Å². The van der Waals surface area contributed by atoms with Crippen LogP contribution in [0.3, 0.4) is 0 Å². The van der Waals surface area contributed by atoms with Crippen molar-refractivity contribution in [3.05, 3.63) is 67.8 Å². The van der Waals surface area contributed by atoms with Crippen LogP contribution in [0, 0.1) is 24.2 Å². The zero-order valence-corrected chi connectivity index (χ0v) is 25.2. The van der Waals surface area contributed by atoms with Gasteiger partial charge in [-0.15, -0.1) is 0 Å². The molecule has 0 spiro atoms. The lowest BCUT2D eigenvalue weighted by Gasteiger charge is -2.36. The van der Waals surface area contributed by atoms with Crippen LogP contribution < -0.4 is 10.5 Å². The molecule has 1 aromatic carbocycles. The number of piperidine rings is 1. The minimum atomic E-state index is -0.919. The molecule has 0 unspecified atom stereocenters. The van der Waals surface area contributed by atoms with Crippen LogP contribution in [0.25, 0.3) is 6.08 Å². The van der Waals surface area contributed by atoms with Gasteiger partial charge in [0.15, 0.2) is 0 Å². The summed E-state index contributed by atoms with van der Waals surface area (Å²) in [5.41, 5.74) is 2.38. The molecule has 0 bridgehead atoms. The molecule has 0 atom stereocenters. The van der Waals surface area contributed by atoms with Gasteiger partial charge in [-0.25, -0.2) is 0 Å². The highest BCUT2D eigenvalue weighted by Crippen LogP contribution is 2.37. The van der Waals surface area contributed by atoms with Crippen LogP contribution >= 0.6 is 24.0 Å². The number of carboxylic acids is 1. The predicted octanol–water partition coefficient (Wildman–Crippen LogP) is 5.35. The molecular formula is C31H36N4O4S2. The van der Waals surface area contributed by atoms with E-state index < -0.39 is 5.97 Å². The summed E-state index contributed by atoms with van der Waals surface area (Å²) < 4.78 is 2.11. The minimum Gasteiger partial charge on any atom is -0.481 e. The highest BCUT2D eigenvalue weighted by molar-refractivity contribution is 8.26. The van der Waals surface area contributed by atoms with Crippen molar-refractivity contribution >= 4 is 52.1 Å². The smallest absolute Gasteiger partial charge is 0.303 e. The molecule has 2 aliphatic heterocycles. The van der Waals surface area contributed by atoms with E-state index in [0.717, 1.165) is 51.0 Å². The van der Waals surface area contributed by atoms with E-state index >= 15 is 0 Å². The van der Waals surface area contributed by atoms with E-state index in [1.165, 1.54) is 22.2 Å². The van der Waals surface area contributed by atoms with E-state index in [2.05, 4.69) is 42.2 Å². The number of hydrogen-bond acceptors (Lipinski definition) is 7. The summed E-state index contributed by atoms with van der Waals surface area (Å²) in [6.45, 7) is 6.09. The largest absolute Gasteiger partial charge is 0.481 e. The van der Waals surface area contributed by atoms with Crippen molar-refractivity contribution in [2.24, 2.45) is 5.92 Å². The number of benzene rings is 1. The number of nitriles is 1. The summed E-state index contributed by atoms with van der Waals surface area (Å²) in [4.78, 5) is 42.0. The van der Waals surface area contributed by atoms with Crippen molar-refractivity contribution in [2.75, 3.05) is 24.5 Å². The molecule has 2 fully saturated rings. The van der Waals surface area contributed by atoms with Gasteiger partial charge in [0, 0.05) is 38.2 Å². The molecule has 41 heavy (non-hydrogen) atoms. The summed E-state index contributed by atoms with van der Waals surface area (Å²) in [5.74, 6) is 0.1000. The maximum Gasteiger partial charge on any atom is 0.303 e. The van der Waals surface area contributed by atoms with Gasteiger partial charge in [0.1, 0.15) is 21.8 Å². The lowest BCUT2D eigenvalue weighted by atomic mass is 9.90. The quantitative estimate of drug-likeness (QED) is 0.275. The van der Waals surface area contributed by atoms with Gasteiger partial charge in [-0.05, 0) is 62.1 Å². The second-order valence-corrected chi connectivity index (χ2v) is 12.3. The van der Waals surface area contributed by atoms with E-state index in [0.29, 0.717) is 39.2 Å². The number of thiocarbonyl (C=S) groups is 1. The van der Waals surface area contributed by atoms with Gasteiger partial charge in [-0.2, -0.15) is 5.26 Å². The Kier molecular flexibility index (Phi) is 10.4. The Balaban J connectivity index is 1.70. The maximum absolute atomic E-state index is 13.6. The Hall–Kier alpha value is -3.42. The number of rotatable bonds is 11. The van der Waals surface area contributed by atoms with Crippen LogP contribution in [0.1, 0.15) is 67.7 Å². The third-order valence-corrected chi connectivity index (χ3v) is 9.16. The normalized spacial score (nSPS) is 17.0. The summed E-state index contributed by atoms with van der Waals surface area (Å²) in [6, 6.07) is 12.6. The van der Waals surface area contributed by atoms with E-state index in [4.69, 9.17) is 17.3 Å². The van der Waals surface area contributed by atoms with Crippen molar-refractivity contribution in [1.29, 1.82) is 5.26 Å². The van der Waals surface area contributed by atoms with Crippen molar-refractivity contribution in [1.82, 2.24) is 9.47 Å². The second kappa shape index (κ2) is 14.0. The Morgan fingerprint density at radius 2 is 1.88 bits per heavy atom. The second-order valence-electron chi connectivity index (χ2n) is 10.6. The first-order chi connectivity index (χ1) is 19.7. The van der Waals surface area contributed by atoms with E-state index in [1.807, 2.05) is 6.07 Å². The number of aromatic nitrogens is 1. The molecule has 3 heterocycles. The highest BCUT2D eigenvalue weighted by atomic mass is 32.2. The van der Waals surface area contributed by atoms with Gasteiger partial charge in [0.05, 0.1) is 4.91 Å². The van der Waals surface area contributed by atoms with Crippen LogP contribution in [0.15, 0.2) is 40.0 Å². The van der Waals surface area contributed by atoms with Gasteiger partial charge >= 0.3 is 5.97 Å². The summed E-state index contributed by atoms with van der Waals surface area (Å²) in [6.07, 6.45) is 6.68. The molecule has 0 saturated carbocycles. The molecule has 2 aliphatic rings. The number of amides is 1. The first-order valence-electron chi connectivity index (χ1n) is 14.2. The molecule has 2 saturated heterocycles. The zero-order chi connectivity index (χ0) is 29.5. The van der Waals surface area contributed by atoms with Crippen LogP contribution in [-0.4, -0.2) is 50.4 Å². The van der Waals surface area contributed by atoms with Gasteiger partial charge in [-0.3, -0.25) is 23.9 Å². The van der Waals surface area contributed by atoms with Gasteiger partial charge in [0.2, 0.25) is 0 Å². The predicted molar refractivity (Wildman–Crippen MR) is 167 cm³/mol. The molecule has 1 N–H and O–H groups in total. The van der Waals surface area contributed by atoms with Gasteiger partial charge < -0.3 is 10.0 Å². The number of unbranched alkanes of at least 4 members (excludes halogenated alkanes) is 1. The van der Waals surface area contributed by atoms with E-state index in [1.54, 1.807) is 17.6 Å². The number of pyridine rings is 1. The molecule has 0 aliphatic carbocycles. The highest BCUT2D eigenvalue weighted by Gasteiger charge is 2.33. The minimum absolute atomic E-state index is 0.0481. The van der Waals surface area contributed by atoms with Gasteiger partial charge in [0.25, 0.3) is 11.5 Å². The van der Waals surface area contributed by atoms with Crippen molar-refractivity contribution in [3.63, 3.8) is 0 Å². The molecule has 2 aromatic rings. The monoisotopic (exact) mass is 592 g/mol. The van der Waals surface area contributed by atoms with Crippen molar-refractivity contribution in [3.8, 4) is 6.07 Å². The average molecular weight is 593 g/mol. The van der Waals surface area contributed by atoms with Crippen LogP contribution in [0.2, 0.25) is 0 Å².